The van der Waals surface area contributed by atoms with E-state index in [0.29, 0.717) is 16.8 Å². The van der Waals surface area contributed by atoms with Gasteiger partial charge in [0.25, 0.3) is 5.91 Å². The minimum atomic E-state index is -0.537. The van der Waals surface area contributed by atoms with Crippen molar-refractivity contribution in [2.24, 2.45) is 0 Å². The number of carbonyl (C=O) groups is 2. The van der Waals surface area contributed by atoms with Crippen molar-refractivity contribution in [3.63, 3.8) is 0 Å². The maximum Gasteiger partial charge on any atom is 0.253 e. The van der Waals surface area contributed by atoms with Crippen LogP contribution in [0.5, 0.6) is 0 Å². The van der Waals surface area contributed by atoms with E-state index in [1.807, 2.05) is 24.3 Å². The molecule has 0 spiro atoms. The summed E-state index contributed by atoms with van der Waals surface area (Å²) in [6, 6.07) is 12.9. The molecule has 1 atom stereocenters. The number of nitrogen functional groups attached to an aromatic ring is 1. The molecule has 0 saturated carbocycles. The lowest BCUT2D eigenvalue weighted by Crippen LogP contribution is -2.21. The Morgan fingerprint density at radius 2 is 1.75 bits per heavy atom. The van der Waals surface area contributed by atoms with Gasteiger partial charge in [0.2, 0.25) is 0 Å². The zero-order valence-electron chi connectivity index (χ0n) is 14.0. The van der Waals surface area contributed by atoms with Gasteiger partial charge in [-0.05, 0) is 47.9 Å². The van der Waals surface area contributed by atoms with Crippen molar-refractivity contribution in [3.05, 3.63) is 53.6 Å². The van der Waals surface area contributed by atoms with Gasteiger partial charge in [0.1, 0.15) is 12.2 Å². The van der Waals surface area contributed by atoms with E-state index >= 15 is 0 Å². The molecule has 0 fully saturated rings. The molecule has 2 aromatic carbocycles. The van der Waals surface area contributed by atoms with Gasteiger partial charge in [-0.1, -0.05) is 24.1 Å². The number of carbonyl (C=O) groups excluding carboxylic acids is 2. The summed E-state index contributed by atoms with van der Waals surface area (Å²) >= 11 is 0. The SMILES string of the molecule is CC#CC(C=O)c1cc(-c2ccc(C(=O)N(C)C)cc2)ccc1N. The van der Waals surface area contributed by atoms with E-state index in [1.165, 1.54) is 4.90 Å². The molecule has 1 amide bonds. The topological polar surface area (TPSA) is 63.4 Å². The van der Waals surface area contributed by atoms with Crippen LogP contribution in [0.15, 0.2) is 42.5 Å². The number of aldehydes is 1. The molecule has 0 aliphatic rings. The average molecular weight is 320 g/mol. The Morgan fingerprint density at radius 3 is 2.29 bits per heavy atom. The van der Waals surface area contributed by atoms with E-state index < -0.39 is 5.92 Å². The number of amides is 1. The van der Waals surface area contributed by atoms with Crippen LogP contribution < -0.4 is 5.73 Å². The first kappa shape index (κ1) is 17.3. The highest BCUT2D eigenvalue weighted by molar-refractivity contribution is 5.94. The lowest BCUT2D eigenvalue weighted by Gasteiger charge is -2.12. The molecule has 2 rings (SSSR count). The Morgan fingerprint density at radius 1 is 1.12 bits per heavy atom. The van der Waals surface area contributed by atoms with Crippen LogP contribution in [0.1, 0.15) is 28.8 Å². The van der Waals surface area contributed by atoms with Gasteiger partial charge in [0, 0.05) is 25.3 Å². The highest BCUT2D eigenvalue weighted by Crippen LogP contribution is 2.28. The maximum absolute atomic E-state index is 11.9. The van der Waals surface area contributed by atoms with Crippen LogP contribution in [0, 0.1) is 11.8 Å². The summed E-state index contributed by atoms with van der Waals surface area (Å²) in [6.45, 7) is 1.69. The summed E-state index contributed by atoms with van der Waals surface area (Å²) in [6.07, 6.45) is 0.796. The van der Waals surface area contributed by atoms with Gasteiger partial charge in [0.15, 0.2) is 0 Å². The molecule has 1 unspecified atom stereocenters. The smallest absolute Gasteiger partial charge is 0.253 e. The van der Waals surface area contributed by atoms with E-state index in [9.17, 15) is 9.59 Å². The molecule has 4 nitrogen and oxygen atoms in total. The number of anilines is 1. The molecular formula is C20H20N2O2. The molecule has 0 aliphatic carbocycles. The summed E-state index contributed by atoms with van der Waals surface area (Å²) in [5, 5.41) is 0. The second-order valence-corrected chi connectivity index (χ2v) is 5.63. The van der Waals surface area contributed by atoms with Gasteiger partial charge in [-0.25, -0.2) is 0 Å². The number of nitrogens with zero attached hydrogens (tertiary/aromatic N) is 1. The highest BCUT2D eigenvalue weighted by Gasteiger charge is 2.13. The minimum Gasteiger partial charge on any atom is -0.398 e. The van der Waals surface area contributed by atoms with Crippen LogP contribution in [-0.4, -0.2) is 31.2 Å². The van der Waals surface area contributed by atoms with Crippen molar-refractivity contribution in [2.75, 3.05) is 19.8 Å². The molecule has 0 heterocycles. The van der Waals surface area contributed by atoms with Gasteiger partial charge in [-0.15, -0.1) is 5.92 Å². The Labute approximate surface area is 142 Å². The van der Waals surface area contributed by atoms with Crippen molar-refractivity contribution < 1.29 is 9.59 Å². The quantitative estimate of drug-likeness (QED) is 0.535. The second kappa shape index (κ2) is 7.47. The Balaban J connectivity index is 2.40. The standard InChI is InChI=1S/C20H20N2O2/c1-4-5-17(13-23)18-12-16(10-11-19(18)21)14-6-8-15(9-7-14)20(24)22(2)3/h6-13,17H,21H2,1-3H3. The number of benzene rings is 2. The summed E-state index contributed by atoms with van der Waals surface area (Å²) in [7, 11) is 3.44. The van der Waals surface area contributed by atoms with Crippen LogP contribution in [0.2, 0.25) is 0 Å². The Bertz CT molecular complexity index is 812. The molecule has 24 heavy (non-hydrogen) atoms. The fourth-order valence-electron chi connectivity index (χ4n) is 2.43. The first-order chi connectivity index (χ1) is 11.5. The summed E-state index contributed by atoms with van der Waals surface area (Å²) in [5.74, 6) is 5.03. The summed E-state index contributed by atoms with van der Waals surface area (Å²) < 4.78 is 0. The van der Waals surface area contributed by atoms with E-state index in [-0.39, 0.29) is 5.91 Å². The monoisotopic (exact) mass is 320 g/mol. The van der Waals surface area contributed by atoms with E-state index in [1.54, 1.807) is 39.2 Å². The van der Waals surface area contributed by atoms with Crippen molar-refractivity contribution in [1.29, 1.82) is 0 Å². The van der Waals surface area contributed by atoms with Crippen LogP contribution in [-0.2, 0) is 4.79 Å². The predicted octanol–water partition coefficient (Wildman–Crippen LogP) is 2.94. The van der Waals surface area contributed by atoms with Crippen molar-refractivity contribution in [1.82, 2.24) is 4.90 Å². The van der Waals surface area contributed by atoms with E-state index in [2.05, 4.69) is 11.8 Å². The normalized spacial score (nSPS) is 11.1. The van der Waals surface area contributed by atoms with Gasteiger partial charge in [-0.2, -0.15) is 0 Å². The maximum atomic E-state index is 11.9. The molecule has 0 aliphatic heterocycles. The molecule has 122 valence electrons. The fourth-order valence-corrected chi connectivity index (χ4v) is 2.43. The van der Waals surface area contributed by atoms with Gasteiger partial charge < -0.3 is 15.4 Å². The van der Waals surface area contributed by atoms with Crippen molar-refractivity contribution in [3.8, 4) is 23.0 Å². The van der Waals surface area contributed by atoms with E-state index in [4.69, 9.17) is 5.73 Å². The minimum absolute atomic E-state index is 0.0428. The lowest BCUT2D eigenvalue weighted by molar-refractivity contribution is -0.108. The number of hydrogen-bond donors (Lipinski definition) is 1. The Hall–Kier alpha value is -3.06. The molecule has 0 radical (unpaired) electrons. The number of hydrogen-bond acceptors (Lipinski definition) is 3. The number of rotatable bonds is 4. The third kappa shape index (κ3) is 3.64. The predicted molar refractivity (Wildman–Crippen MR) is 96.6 cm³/mol. The van der Waals surface area contributed by atoms with Crippen LogP contribution >= 0.6 is 0 Å². The summed E-state index contributed by atoms with van der Waals surface area (Å²) in [5.41, 5.74) is 9.73. The molecule has 0 bridgehead atoms. The van der Waals surface area contributed by atoms with E-state index in [0.717, 1.165) is 17.4 Å². The third-order valence-electron chi connectivity index (χ3n) is 3.73. The van der Waals surface area contributed by atoms with Gasteiger partial charge in [-0.3, -0.25) is 4.79 Å². The lowest BCUT2D eigenvalue weighted by atomic mass is 9.94. The number of nitrogens with two attached hydrogens (primary N) is 1. The molecular weight excluding hydrogens is 300 g/mol. The Kier molecular flexibility index (Phi) is 5.39. The molecule has 0 saturated heterocycles. The highest BCUT2D eigenvalue weighted by atomic mass is 16.2. The zero-order valence-corrected chi connectivity index (χ0v) is 14.0. The fraction of sp³-hybridized carbons (Fsp3) is 0.200. The first-order valence-electron chi connectivity index (χ1n) is 7.57. The van der Waals surface area contributed by atoms with Crippen molar-refractivity contribution in [2.45, 2.75) is 12.8 Å². The van der Waals surface area contributed by atoms with Gasteiger partial charge in [0.05, 0.1) is 0 Å². The zero-order chi connectivity index (χ0) is 17.7. The van der Waals surface area contributed by atoms with Crippen LogP contribution in [0.4, 0.5) is 5.69 Å². The second-order valence-electron chi connectivity index (χ2n) is 5.63. The molecule has 0 aromatic heterocycles. The molecule has 2 aromatic rings. The summed E-state index contributed by atoms with van der Waals surface area (Å²) in [4.78, 5) is 24.8. The van der Waals surface area contributed by atoms with Gasteiger partial charge >= 0.3 is 0 Å². The average Bonchev–Trinajstić information content (AvgIpc) is 2.60. The first-order valence-corrected chi connectivity index (χ1v) is 7.57. The van der Waals surface area contributed by atoms with Crippen molar-refractivity contribution >= 4 is 17.9 Å². The van der Waals surface area contributed by atoms with Crippen LogP contribution in [0.3, 0.4) is 0 Å². The van der Waals surface area contributed by atoms with Crippen LogP contribution in [0.25, 0.3) is 11.1 Å². The molecule has 4 heteroatoms. The molecule has 2 N–H and O–H groups in total. The largest absolute Gasteiger partial charge is 0.398 e. The third-order valence-corrected chi connectivity index (χ3v) is 3.73.